The van der Waals surface area contributed by atoms with Crippen molar-refractivity contribution in [2.24, 2.45) is 0 Å². The summed E-state index contributed by atoms with van der Waals surface area (Å²) in [5.41, 5.74) is 0.424. The Bertz CT molecular complexity index is 716. The van der Waals surface area contributed by atoms with Crippen LogP contribution in [0.2, 0.25) is 0 Å². The number of rotatable bonds is 5. The molecule has 0 aliphatic carbocycles. The van der Waals surface area contributed by atoms with Crippen molar-refractivity contribution < 1.29 is 16.8 Å². The molecule has 0 amide bonds. The van der Waals surface area contributed by atoms with Crippen molar-refractivity contribution in [1.82, 2.24) is 9.29 Å². The summed E-state index contributed by atoms with van der Waals surface area (Å²) in [5, 5.41) is 2.89. The Balaban J connectivity index is 2.34. The standard InChI is InChI=1S/C12H19N3O4S2/c1-3-13-11-5-4-7-14-12(11)21(18,19)15(2)10-6-8-20(16,17)9-10/h4-5,7,10,13H,3,6,8-9H2,1-2H3. The molecule has 1 unspecified atom stereocenters. The van der Waals surface area contributed by atoms with Gasteiger partial charge in [0.2, 0.25) is 0 Å². The monoisotopic (exact) mass is 333 g/mol. The van der Waals surface area contributed by atoms with Crippen LogP contribution in [0.4, 0.5) is 5.69 Å². The molecule has 1 aromatic rings. The Morgan fingerprint density at radius 1 is 1.48 bits per heavy atom. The molecule has 1 aromatic heterocycles. The summed E-state index contributed by atoms with van der Waals surface area (Å²) in [7, 11) is -5.57. The van der Waals surface area contributed by atoms with Crippen molar-refractivity contribution in [2.45, 2.75) is 24.4 Å². The topological polar surface area (TPSA) is 96.4 Å². The maximum atomic E-state index is 12.7. The molecule has 0 spiro atoms. The lowest BCUT2D eigenvalue weighted by atomic mass is 10.3. The summed E-state index contributed by atoms with van der Waals surface area (Å²) < 4.78 is 49.5. The van der Waals surface area contributed by atoms with Crippen molar-refractivity contribution in [1.29, 1.82) is 0 Å². The number of nitrogens with one attached hydrogen (secondary N) is 1. The number of sulfonamides is 1. The van der Waals surface area contributed by atoms with Crippen LogP contribution in [0, 0.1) is 0 Å². The van der Waals surface area contributed by atoms with Crippen molar-refractivity contribution in [3.63, 3.8) is 0 Å². The zero-order chi connectivity index (χ0) is 15.7. The van der Waals surface area contributed by atoms with E-state index in [1.807, 2.05) is 6.92 Å². The van der Waals surface area contributed by atoms with Crippen LogP contribution in [0.1, 0.15) is 13.3 Å². The molecule has 21 heavy (non-hydrogen) atoms. The Hall–Kier alpha value is -1.19. The zero-order valence-electron chi connectivity index (χ0n) is 12.0. The maximum Gasteiger partial charge on any atom is 0.262 e. The molecule has 1 fully saturated rings. The molecule has 9 heteroatoms. The minimum atomic E-state index is -3.83. The third-order valence-corrected chi connectivity index (χ3v) is 7.11. The van der Waals surface area contributed by atoms with Crippen LogP contribution in [-0.2, 0) is 19.9 Å². The summed E-state index contributed by atoms with van der Waals surface area (Å²) in [6, 6.07) is 2.76. The number of hydrogen-bond acceptors (Lipinski definition) is 6. The first-order valence-electron chi connectivity index (χ1n) is 6.65. The summed E-state index contributed by atoms with van der Waals surface area (Å²) in [5.74, 6) is -0.105. The van der Waals surface area contributed by atoms with Gasteiger partial charge < -0.3 is 5.32 Å². The molecular weight excluding hydrogens is 314 g/mol. The predicted molar refractivity (Wildman–Crippen MR) is 80.4 cm³/mol. The largest absolute Gasteiger partial charge is 0.383 e. The van der Waals surface area contributed by atoms with Gasteiger partial charge in [0.15, 0.2) is 14.9 Å². The first-order valence-corrected chi connectivity index (χ1v) is 9.91. The van der Waals surface area contributed by atoms with Gasteiger partial charge in [-0.1, -0.05) is 0 Å². The molecule has 0 radical (unpaired) electrons. The molecule has 1 atom stereocenters. The molecule has 2 rings (SSSR count). The predicted octanol–water partition coefficient (Wildman–Crippen LogP) is 0.321. The highest BCUT2D eigenvalue weighted by Crippen LogP contribution is 2.26. The van der Waals surface area contributed by atoms with Gasteiger partial charge in [0, 0.05) is 25.8 Å². The number of nitrogens with zero attached hydrogens (tertiary/aromatic N) is 2. The molecule has 118 valence electrons. The number of sulfone groups is 1. The summed E-state index contributed by atoms with van der Waals surface area (Å²) in [4.78, 5) is 3.96. The van der Waals surface area contributed by atoms with Crippen molar-refractivity contribution in [2.75, 3.05) is 30.4 Å². The molecule has 0 aromatic carbocycles. The second kappa shape index (κ2) is 5.90. The van der Waals surface area contributed by atoms with Crippen LogP contribution < -0.4 is 5.32 Å². The smallest absolute Gasteiger partial charge is 0.262 e. The Morgan fingerprint density at radius 2 is 2.19 bits per heavy atom. The van der Waals surface area contributed by atoms with Gasteiger partial charge in [0.05, 0.1) is 17.2 Å². The van der Waals surface area contributed by atoms with Gasteiger partial charge in [-0.3, -0.25) is 0 Å². The van der Waals surface area contributed by atoms with Crippen LogP contribution in [0.5, 0.6) is 0 Å². The van der Waals surface area contributed by atoms with E-state index in [9.17, 15) is 16.8 Å². The Labute approximate surface area is 125 Å². The van der Waals surface area contributed by atoms with Gasteiger partial charge in [0.25, 0.3) is 10.0 Å². The number of hydrogen-bond donors (Lipinski definition) is 1. The summed E-state index contributed by atoms with van der Waals surface area (Å²) in [6.07, 6.45) is 1.73. The lowest BCUT2D eigenvalue weighted by molar-refractivity contribution is 0.392. The van der Waals surface area contributed by atoms with Crippen molar-refractivity contribution in [3.8, 4) is 0 Å². The average Bonchev–Trinajstić information content (AvgIpc) is 2.79. The number of pyridine rings is 1. The lowest BCUT2D eigenvalue weighted by Gasteiger charge is -2.23. The SMILES string of the molecule is CCNc1cccnc1S(=O)(=O)N(C)C1CCS(=O)(=O)C1. The highest BCUT2D eigenvalue weighted by Gasteiger charge is 2.37. The highest BCUT2D eigenvalue weighted by atomic mass is 32.2. The first kappa shape index (κ1) is 16.2. The molecule has 0 saturated carbocycles. The van der Waals surface area contributed by atoms with Crippen molar-refractivity contribution in [3.05, 3.63) is 18.3 Å². The van der Waals surface area contributed by atoms with Gasteiger partial charge in [0.1, 0.15) is 0 Å². The second-order valence-corrected chi connectivity index (χ2v) is 9.11. The molecular formula is C12H19N3O4S2. The Morgan fingerprint density at radius 3 is 2.76 bits per heavy atom. The quantitative estimate of drug-likeness (QED) is 0.834. The van der Waals surface area contributed by atoms with E-state index in [0.29, 0.717) is 18.7 Å². The molecule has 0 bridgehead atoms. The van der Waals surface area contributed by atoms with E-state index < -0.39 is 25.9 Å². The average molecular weight is 333 g/mol. The van der Waals surface area contributed by atoms with E-state index in [4.69, 9.17) is 0 Å². The van der Waals surface area contributed by atoms with Crippen molar-refractivity contribution >= 4 is 25.5 Å². The number of anilines is 1. The molecule has 7 nitrogen and oxygen atoms in total. The van der Waals surface area contributed by atoms with E-state index >= 15 is 0 Å². The first-order chi connectivity index (χ1) is 9.78. The fourth-order valence-corrected chi connectivity index (χ4v) is 5.64. The Kier molecular flexibility index (Phi) is 4.54. The van der Waals surface area contributed by atoms with Gasteiger partial charge in [-0.05, 0) is 25.5 Å². The minimum Gasteiger partial charge on any atom is -0.383 e. The maximum absolute atomic E-state index is 12.7. The summed E-state index contributed by atoms with van der Waals surface area (Å²) in [6.45, 7) is 2.42. The molecule has 1 aliphatic heterocycles. The van der Waals surface area contributed by atoms with Crippen LogP contribution in [0.25, 0.3) is 0 Å². The third kappa shape index (κ3) is 3.35. The van der Waals surface area contributed by atoms with Crippen LogP contribution in [-0.4, -0.2) is 57.3 Å². The summed E-state index contributed by atoms with van der Waals surface area (Å²) >= 11 is 0. The lowest BCUT2D eigenvalue weighted by Crippen LogP contribution is -2.38. The van der Waals surface area contributed by atoms with Crippen LogP contribution >= 0.6 is 0 Å². The van der Waals surface area contributed by atoms with Gasteiger partial charge in [-0.2, -0.15) is 4.31 Å². The fraction of sp³-hybridized carbons (Fsp3) is 0.583. The molecule has 1 N–H and O–H groups in total. The van der Waals surface area contributed by atoms with E-state index in [0.717, 1.165) is 4.31 Å². The fourth-order valence-electron chi connectivity index (χ4n) is 2.32. The normalized spacial score (nSPS) is 21.6. The number of aromatic nitrogens is 1. The van der Waals surface area contributed by atoms with Crippen LogP contribution in [0.15, 0.2) is 23.4 Å². The van der Waals surface area contributed by atoms with E-state index in [1.54, 1.807) is 12.1 Å². The van der Waals surface area contributed by atoms with E-state index in [1.165, 1.54) is 13.2 Å². The zero-order valence-corrected chi connectivity index (χ0v) is 13.6. The minimum absolute atomic E-state index is 0.0276. The van der Waals surface area contributed by atoms with Gasteiger partial charge >= 0.3 is 0 Å². The van der Waals surface area contributed by atoms with E-state index in [-0.39, 0.29) is 16.5 Å². The van der Waals surface area contributed by atoms with E-state index in [2.05, 4.69) is 10.3 Å². The molecule has 1 aliphatic rings. The third-order valence-electron chi connectivity index (χ3n) is 3.48. The van der Waals surface area contributed by atoms with Gasteiger partial charge in [-0.15, -0.1) is 0 Å². The molecule has 2 heterocycles. The van der Waals surface area contributed by atoms with Crippen LogP contribution in [0.3, 0.4) is 0 Å². The molecule has 1 saturated heterocycles. The second-order valence-electron chi connectivity index (χ2n) is 4.96. The highest BCUT2D eigenvalue weighted by molar-refractivity contribution is 7.92. The van der Waals surface area contributed by atoms with Gasteiger partial charge in [-0.25, -0.2) is 21.8 Å².